The second-order valence-corrected chi connectivity index (χ2v) is 4.68. The van der Waals surface area contributed by atoms with Crippen LogP contribution in [0.3, 0.4) is 0 Å². The zero-order valence-electron chi connectivity index (χ0n) is 11.7. The maximum absolute atomic E-state index is 12.7. The van der Waals surface area contributed by atoms with E-state index < -0.39 is 11.7 Å². The molecule has 22 heavy (non-hydrogen) atoms. The molecule has 0 fully saturated rings. The topological polar surface area (TPSA) is 21.3 Å². The van der Waals surface area contributed by atoms with Crippen molar-refractivity contribution in [1.29, 1.82) is 0 Å². The highest BCUT2D eigenvalue weighted by atomic mass is 19.4. The Morgan fingerprint density at radius 2 is 1.73 bits per heavy atom. The summed E-state index contributed by atoms with van der Waals surface area (Å²) in [6, 6.07) is 10.8. The van der Waals surface area contributed by atoms with Crippen LogP contribution >= 0.6 is 0 Å². The Kier molecular flexibility index (Phi) is 5.38. The summed E-state index contributed by atoms with van der Waals surface area (Å²) in [5.74, 6) is -0.116. The minimum atomic E-state index is -4.37. The van der Waals surface area contributed by atoms with Crippen molar-refractivity contribution in [2.45, 2.75) is 12.7 Å². The van der Waals surface area contributed by atoms with Gasteiger partial charge >= 0.3 is 6.18 Å². The minimum Gasteiger partial charge on any atom is -0.492 e. The van der Waals surface area contributed by atoms with Gasteiger partial charge in [-0.15, -0.1) is 0 Å². The maximum Gasteiger partial charge on any atom is 0.416 e. The quantitative estimate of drug-likeness (QED) is 0.642. The molecule has 6 heteroatoms. The van der Waals surface area contributed by atoms with E-state index in [2.05, 4.69) is 5.32 Å². The lowest BCUT2D eigenvalue weighted by atomic mass is 10.2. The normalized spacial score (nSPS) is 11.5. The number of benzene rings is 2. The number of halogens is 4. The van der Waals surface area contributed by atoms with Gasteiger partial charge in [-0.25, -0.2) is 4.39 Å². The third-order valence-electron chi connectivity index (χ3n) is 2.95. The van der Waals surface area contributed by atoms with Crippen molar-refractivity contribution in [3.63, 3.8) is 0 Å². The van der Waals surface area contributed by atoms with Crippen LogP contribution in [0.25, 0.3) is 0 Å². The second kappa shape index (κ2) is 7.26. The molecule has 2 rings (SSSR count). The third kappa shape index (κ3) is 5.04. The van der Waals surface area contributed by atoms with E-state index in [1.165, 1.54) is 24.3 Å². The Balaban J connectivity index is 1.74. The van der Waals surface area contributed by atoms with E-state index >= 15 is 0 Å². The molecule has 0 aromatic heterocycles. The van der Waals surface area contributed by atoms with Gasteiger partial charge in [0, 0.05) is 13.1 Å². The zero-order valence-corrected chi connectivity index (χ0v) is 11.7. The van der Waals surface area contributed by atoms with Crippen molar-refractivity contribution < 1.29 is 22.3 Å². The van der Waals surface area contributed by atoms with E-state index in [1.807, 2.05) is 0 Å². The molecule has 0 heterocycles. The average molecular weight is 313 g/mol. The fraction of sp³-hybridized carbons (Fsp3) is 0.250. The number of nitrogens with one attached hydrogen (secondary N) is 1. The van der Waals surface area contributed by atoms with Crippen LogP contribution in [0.1, 0.15) is 11.1 Å². The molecule has 2 aromatic carbocycles. The summed E-state index contributed by atoms with van der Waals surface area (Å²) in [6.45, 7) is 1.24. The standard InChI is InChI=1S/C16H15F4NO/c17-14-6-4-12(5-7-14)11-21-8-9-22-15-3-1-2-13(10-15)16(18,19)20/h1-7,10,21H,8-9,11H2. The predicted octanol–water partition coefficient (Wildman–Crippen LogP) is 4.01. The molecule has 0 spiro atoms. The van der Waals surface area contributed by atoms with Crippen LogP contribution in [-0.4, -0.2) is 13.2 Å². The van der Waals surface area contributed by atoms with Crippen molar-refractivity contribution in [2.75, 3.05) is 13.2 Å². The summed E-state index contributed by atoms with van der Waals surface area (Å²) in [7, 11) is 0. The molecule has 0 unspecified atom stereocenters. The second-order valence-electron chi connectivity index (χ2n) is 4.68. The molecule has 0 bridgehead atoms. The van der Waals surface area contributed by atoms with Crippen LogP contribution in [0.5, 0.6) is 5.75 Å². The number of rotatable bonds is 6. The van der Waals surface area contributed by atoms with Gasteiger partial charge in [0.05, 0.1) is 5.56 Å². The smallest absolute Gasteiger partial charge is 0.416 e. The number of ether oxygens (including phenoxy) is 1. The van der Waals surface area contributed by atoms with E-state index in [4.69, 9.17) is 4.74 Å². The SMILES string of the molecule is Fc1ccc(CNCCOc2cccc(C(F)(F)F)c2)cc1. The maximum atomic E-state index is 12.7. The zero-order chi connectivity index (χ0) is 16.0. The predicted molar refractivity (Wildman–Crippen MR) is 75.0 cm³/mol. The van der Waals surface area contributed by atoms with Gasteiger partial charge in [-0.3, -0.25) is 0 Å². The molecular formula is C16H15F4NO. The summed E-state index contributed by atoms with van der Waals surface area (Å²) in [4.78, 5) is 0. The van der Waals surface area contributed by atoms with E-state index in [0.717, 1.165) is 17.7 Å². The molecule has 0 aliphatic carbocycles. The monoisotopic (exact) mass is 313 g/mol. The fourth-order valence-electron chi connectivity index (χ4n) is 1.84. The molecule has 0 amide bonds. The first-order chi connectivity index (χ1) is 10.4. The molecule has 118 valence electrons. The first-order valence-corrected chi connectivity index (χ1v) is 6.70. The Bertz CT molecular complexity index is 596. The average Bonchev–Trinajstić information content (AvgIpc) is 2.48. The van der Waals surface area contributed by atoms with E-state index in [-0.39, 0.29) is 18.2 Å². The van der Waals surface area contributed by atoms with E-state index in [9.17, 15) is 17.6 Å². The van der Waals surface area contributed by atoms with Crippen molar-refractivity contribution in [3.8, 4) is 5.75 Å². The molecule has 1 N–H and O–H groups in total. The minimum absolute atomic E-state index is 0.179. The molecule has 0 saturated heterocycles. The Labute approximate surface area is 125 Å². The summed E-state index contributed by atoms with van der Waals surface area (Å²) >= 11 is 0. The fourth-order valence-corrected chi connectivity index (χ4v) is 1.84. The summed E-state index contributed by atoms with van der Waals surface area (Å²) < 4.78 is 55.6. The molecule has 0 aliphatic rings. The molecule has 0 aliphatic heterocycles. The van der Waals surface area contributed by atoms with Gasteiger partial charge in [0.2, 0.25) is 0 Å². The number of hydrogen-bond acceptors (Lipinski definition) is 2. The lowest BCUT2D eigenvalue weighted by molar-refractivity contribution is -0.137. The van der Waals surface area contributed by atoms with Gasteiger partial charge in [0.15, 0.2) is 0 Å². The van der Waals surface area contributed by atoms with Crippen LogP contribution in [0, 0.1) is 5.82 Å². The molecule has 0 radical (unpaired) electrons. The molecule has 0 atom stereocenters. The number of alkyl halides is 3. The summed E-state index contributed by atoms with van der Waals surface area (Å²) in [5, 5.41) is 3.07. The van der Waals surface area contributed by atoms with Crippen LogP contribution in [0.15, 0.2) is 48.5 Å². The lowest BCUT2D eigenvalue weighted by Gasteiger charge is -2.10. The van der Waals surface area contributed by atoms with Crippen molar-refractivity contribution in [3.05, 3.63) is 65.5 Å². The van der Waals surface area contributed by atoms with Crippen LogP contribution in [-0.2, 0) is 12.7 Å². The highest BCUT2D eigenvalue weighted by Crippen LogP contribution is 2.31. The van der Waals surface area contributed by atoms with Gasteiger partial charge in [-0.05, 0) is 35.9 Å². The van der Waals surface area contributed by atoms with Crippen LogP contribution < -0.4 is 10.1 Å². The number of hydrogen-bond donors (Lipinski definition) is 1. The van der Waals surface area contributed by atoms with Gasteiger partial charge in [-0.2, -0.15) is 13.2 Å². The van der Waals surface area contributed by atoms with Crippen LogP contribution in [0.4, 0.5) is 17.6 Å². The first kappa shape index (κ1) is 16.3. The third-order valence-corrected chi connectivity index (χ3v) is 2.95. The van der Waals surface area contributed by atoms with Gasteiger partial charge < -0.3 is 10.1 Å². The van der Waals surface area contributed by atoms with E-state index in [0.29, 0.717) is 13.1 Å². The summed E-state index contributed by atoms with van der Waals surface area (Å²) in [5.41, 5.74) is 0.185. The Morgan fingerprint density at radius 3 is 2.41 bits per heavy atom. The van der Waals surface area contributed by atoms with Crippen molar-refractivity contribution in [2.24, 2.45) is 0 Å². The van der Waals surface area contributed by atoms with Gasteiger partial charge in [-0.1, -0.05) is 18.2 Å². The molecular weight excluding hydrogens is 298 g/mol. The Morgan fingerprint density at radius 1 is 1.00 bits per heavy atom. The van der Waals surface area contributed by atoms with Crippen LogP contribution in [0.2, 0.25) is 0 Å². The first-order valence-electron chi connectivity index (χ1n) is 6.70. The lowest BCUT2D eigenvalue weighted by Crippen LogP contribution is -2.20. The highest BCUT2D eigenvalue weighted by molar-refractivity contribution is 5.30. The van der Waals surface area contributed by atoms with Crippen molar-refractivity contribution >= 4 is 0 Å². The van der Waals surface area contributed by atoms with E-state index in [1.54, 1.807) is 12.1 Å². The Hall–Kier alpha value is -2.08. The summed E-state index contributed by atoms with van der Waals surface area (Å²) in [6.07, 6.45) is -4.37. The van der Waals surface area contributed by atoms with Gasteiger partial charge in [0.25, 0.3) is 0 Å². The molecule has 0 saturated carbocycles. The molecule has 2 nitrogen and oxygen atoms in total. The molecule has 2 aromatic rings. The van der Waals surface area contributed by atoms with Gasteiger partial charge in [0.1, 0.15) is 18.2 Å². The largest absolute Gasteiger partial charge is 0.492 e. The van der Waals surface area contributed by atoms with Crippen molar-refractivity contribution in [1.82, 2.24) is 5.32 Å². The highest BCUT2D eigenvalue weighted by Gasteiger charge is 2.30.